The summed E-state index contributed by atoms with van der Waals surface area (Å²) in [7, 11) is -1.99. The number of methoxy groups -OCH3 is 1. The van der Waals surface area contributed by atoms with E-state index in [4.69, 9.17) is 17.0 Å². The van der Waals surface area contributed by atoms with Gasteiger partial charge in [0.25, 0.3) is 0 Å². The Hall–Kier alpha value is -2.69. The van der Waals surface area contributed by atoms with E-state index in [1.54, 1.807) is 29.7 Å². The van der Waals surface area contributed by atoms with Crippen LogP contribution < -0.4 is 19.7 Å². The molecule has 3 heterocycles. The standard InChI is InChI=1S/C21H22N4O3S3/c1-13-7-10-18(30-13)20-19(15-6-4-5-11-22-15)23-21(29)25(20)14-8-9-17(28-2)16(12-14)24-31(3,26)27/h4-12,19-20,24H,1-3H3,(H,23,29)/t19-,20-/m0/s1. The summed E-state index contributed by atoms with van der Waals surface area (Å²) in [6.45, 7) is 2.07. The summed E-state index contributed by atoms with van der Waals surface area (Å²) in [5, 5.41) is 3.95. The molecule has 2 N–H and O–H groups in total. The molecular formula is C21H22N4O3S3. The maximum Gasteiger partial charge on any atom is 0.229 e. The van der Waals surface area contributed by atoms with Crippen LogP contribution in [0, 0.1) is 6.92 Å². The smallest absolute Gasteiger partial charge is 0.229 e. The summed E-state index contributed by atoms with van der Waals surface area (Å²) >= 11 is 7.42. The number of rotatable bonds is 6. The van der Waals surface area contributed by atoms with Crippen LogP contribution >= 0.6 is 23.6 Å². The van der Waals surface area contributed by atoms with Crippen LogP contribution in [0.2, 0.25) is 0 Å². The van der Waals surface area contributed by atoms with Gasteiger partial charge < -0.3 is 15.0 Å². The molecule has 0 saturated carbocycles. The fourth-order valence-corrected chi connectivity index (χ4v) is 5.57. The first kappa shape index (κ1) is 21.5. The van der Waals surface area contributed by atoms with Gasteiger partial charge in [0, 0.05) is 21.6 Å². The van der Waals surface area contributed by atoms with Crippen molar-refractivity contribution in [3.63, 3.8) is 0 Å². The van der Waals surface area contributed by atoms with Crippen LogP contribution in [-0.4, -0.2) is 31.9 Å². The normalized spacial score (nSPS) is 18.7. The lowest BCUT2D eigenvalue weighted by atomic mass is 10.0. The highest BCUT2D eigenvalue weighted by Crippen LogP contribution is 2.44. The Labute approximate surface area is 191 Å². The number of pyridine rings is 1. The average Bonchev–Trinajstić information content (AvgIpc) is 3.30. The Bertz CT molecular complexity index is 1210. The van der Waals surface area contributed by atoms with Crippen molar-refractivity contribution in [1.82, 2.24) is 10.3 Å². The molecule has 3 aromatic rings. The number of nitrogens with one attached hydrogen (secondary N) is 2. The fraction of sp³-hybridized carbons (Fsp3) is 0.238. The zero-order chi connectivity index (χ0) is 22.2. The Kier molecular flexibility index (Phi) is 5.87. The number of thiophene rings is 1. The van der Waals surface area contributed by atoms with Gasteiger partial charge in [0.05, 0.1) is 36.8 Å². The zero-order valence-electron chi connectivity index (χ0n) is 17.2. The third kappa shape index (κ3) is 4.51. The van der Waals surface area contributed by atoms with Gasteiger partial charge in [-0.3, -0.25) is 9.71 Å². The Balaban J connectivity index is 1.82. The molecule has 1 aliphatic rings. The van der Waals surface area contributed by atoms with Crippen LogP contribution in [0.3, 0.4) is 0 Å². The minimum atomic E-state index is -3.48. The molecule has 2 aromatic heterocycles. The summed E-state index contributed by atoms with van der Waals surface area (Å²) in [5.41, 5.74) is 1.98. The van der Waals surface area contributed by atoms with Crippen LogP contribution in [0.1, 0.15) is 27.5 Å². The zero-order valence-corrected chi connectivity index (χ0v) is 19.6. The lowest BCUT2D eigenvalue weighted by Gasteiger charge is -2.27. The van der Waals surface area contributed by atoms with Crippen molar-refractivity contribution in [2.75, 3.05) is 23.0 Å². The van der Waals surface area contributed by atoms with E-state index < -0.39 is 10.0 Å². The molecule has 162 valence electrons. The van der Waals surface area contributed by atoms with Crippen molar-refractivity contribution in [2.24, 2.45) is 0 Å². The molecule has 4 rings (SSSR count). The number of anilines is 2. The lowest BCUT2D eigenvalue weighted by molar-refractivity contribution is 0.417. The summed E-state index contributed by atoms with van der Waals surface area (Å²) < 4.78 is 31.6. The summed E-state index contributed by atoms with van der Waals surface area (Å²) in [5.74, 6) is 0.428. The topological polar surface area (TPSA) is 83.6 Å². The molecule has 0 aliphatic carbocycles. The van der Waals surface area contributed by atoms with Crippen molar-refractivity contribution in [3.8, 4) is 5.75 Å². The first-order valence-electron chi connectivity index (χ1n) is 9.49. The number of thiocarbonyl (C=S) groups is 1. The number of hydrogen-bond acceptors (Lipinski definition) is 6. The first-order chi connectivity index (χ1) is 14.8. The van der Waals surface area contributed by atoms with Gasteiger partial charge in [0.2, 0.25) is 10.0 Å². The molecule has 1 aromatic carbocycles. The second-order valence-electron chi connectivity index (χ2n) is 7.20. The van der Waals surface area contributed by atoms with Crippen LogP contribution in [0.5, 0.6) is 5.75 Å². The summed E-state index contributed by atoms with van der Waals surface area (Å²) in [6.07, 6.45) is 2.87. The number of aromatic nitrogens is 1. The second kappa shape index (κ2) is 8.45. The van der Waals surface area contributed by atoms with Gasteiger partial charge >= 0.3 is 0 Å². The van der Waals surface area contributed by atoms with Crippen molar-refractivity contribution in [1.29, 1.82) is 0 Å². The molecule has 1 fully saturated rings. The minimum Gasteiger partial charge on any atom is -0.495 e. The third-order valence-corrected chi connectivity index (χ3v) is 6.88. The number of nitrogens with zero attached hydrogens (tertiary/aromatic N) is 2. The van der Waals surface area contributed by atoms with Gasteiger partial charge in [0.15, 0.2) is 5.11 Å². The predicted molar refractivity (Wildman–Crippen MR) is 128 cm³/mol. The number of aryl methyl sites for hydroxylation is 1. The highest BCUT2D eigenvalue weighted by atomic mass is 32.2. The van der Waals surface area contributed by atoms with E-state index in [0.29, 0.717) is 16.5 Å². The van der Waals surface area contributed by atoms with E-state index in [-0.39, 0.29) is 12.1 Å². The van der Waals surface area contributed by atoms with Crippen molar-refractivity contribution in [2.45, 2.75) is 19.0 Å². The Morgan fingerprint density at radius 3 is 2.65 bits per heavy atom. The molecule has 0 radical (unpaired) electrons. The molecule has 2 atom stereocenters. The number of hydrogen-bond donors (Lipinski definition) is 2. The maximum absolute atomic E-state index is 11.9. The quantitative estimate of drug-likeness (QED) is 0.522. The predicted octanol–water partition coefficient (Wildman–Crippen LogP) is 4.01. The van der Waals surface area contributed by atoms with Crippen LogP contribution in [-0.2, 0) is 10.0 Å². The van der Waals surface area contributed by atoms with E-state index in [9.17, 15) is 8.42 Å². The van der Waals surface area contributed by atoms with Gasteiger partial charge in [0.1, 0.15) is 5.75 Å². The Morgan fingerprint density at radius 2 is 2.03 bits per heavy atom. The van der Waals surface area contributed by atoms with Gasteiger partial charge in [-0.15, -0.1) is 11.3 Å². The summed E-state index contributed by atoms with van der Waals surface area (Å²) in [6, 6.07) is 15.0. The molecule has 31 heavy (non-hydrogen) atoms. The fourth-order valence-electron chi connectivity index (χ4n) is 3.66. The first-order valence-corrected chi connectivity index (χ1v) is 12.6. The molecular weight excluding hydrogens is 452 g/mol. The second-order valence-corrected chi connectivity index (χ2v) is 10.7. The van der Waals surface area contributed by atoms with Crippen LogP contribution in [0.15, 0.2) is 54.7 Å². The van der Waals surface area contributed by atoms with Crippen LogP contribution in [0.25, 0.3) is 0 Å². The van der Waals surface area contributed by atoms with Crippen LogP contribution in [0.4, 0.5) is 11.4 Å². The maximum atomic E-state index is 11.9. The molecule has 10 heteroatoms. The van der Waals surface area contributed by atoms with E-state index in [2.05, 4.69) is 34.1 Å². The monoisotopic (exact) mass is 474 g/mol. The van der Waals surface area contributed by atoms with E-state index in [0.717, 1.165) is 22.5 Å². The van der Waals surface area contributed by atoms with Gasteiger partial charge in [-0.2, -0.15) is 0 Å². The summed E-state index contributed by atoms with van der Waals surface area (Å²) in [4.78, 5) is 8.88. The molecule has 1 aliphatic heterocycles. The molecule has 0 spiro atoms. The SMILES string of the molecule is COc1ccc(N2C(=S)N[C@@H](c3ccccn3)[C@@H]2c2ccc(C)s2)cc1NS(C)(=O)=O. The highest BCUT2D eigenvalue weighted by Gasteiger charge is 2.41. The average molecular weight is 475 g/mol. The molecule has 0 amide bonds. The van der Waals surface area contributed by atoms with E-state index in [1.165, 1.54) is 12.0 Å². The van der Waals surface area contributed by atoms with Gasteiger partial charge in [-0.1, -0.05) is 6.07 Å². The van der Waals surface area contributed by atoms with Gasteiger partial charge in [-0.05, 0) is 61.6 Å². The lowest BCUT2D eigenvalue weighted by Crippen LogP contribution is -2.29. The number of benzene rings is 1. The largest absolute Gasteiger partial charge is 0.495 e. The number of ether oxygens (including phenoxy) is 1. The minimum absolute atomic E-state index is 0.138. The molecule has 1 saturated heterocycles. The molecule has 0 bridgehead atoms. The van der Waals surface area contributed by atoms with Gasteiger partial charge in [-0.25, -0.2) is 8.42 Å². The Morgan fingerprint density at radius 1 is 1.23 bits per heavy atom. The molecule has 7 nitrogen and oxygen atoms in total. The van der Waals surface area contributed by atoms with Crippen molar-refractivity contribution < 1.29 is 13.2 Å². The highest BCUT2D eigenvalue weighted by molar-refractivity contribution is 7.92. The number of sulfonamides is 1. The van der Waals surface area contributed by atoms with E-state index in [1.807, 2.05) is 29.2 Å². The molecule has 0 unspecified atom stereocenters. The van der Waals surface area contributed by atoms with Crippen molar-refractivity contribution >= 4 is 50.1 Å². The van der Waals surface area contributed by atoms with Crippen molar-refractivity contribution in [3.05, 3.63) is 70.2 Å². The third-order valence-electron chi connectivity index (χ3n) is 4.91. The van der Waals surface area contributed by atoms with E-state index >= 15 is 0 Å².